The van der Waals surface area contributed by atoms with Crippen LogP contribution >= 0.6 is 11.6 Å². The molecule has 1 aliphatic rings. The van der Waals surface area contributed by atoms with E-state index in [-0.39, 0.29) is 16.8 Å². The van der Waals surface area contributed by atoms with E-state index in [1.54, 1.807) is 0 Å². The van der Waals surface area contributed by atoms with Crippen molar-refractivity contribution in [1.29, 1.82) is 0 Å². The molecule has 0 saturated carbocycles. The smallest absolute Gasteiger partial charge is 0.285 e. The van der Waals surface area contributed by atoms with Crippen molar-refractivity contribution in [3.8, 4) is 0 Å². The SMILES string of the molecule is CN1CCN(NC(=O)c2cnc(Cl)cn2)CC1. The molecule has 7 heteroatoms. The molecule has 0 aliphatic carbocycles. The Hall–Kier alpha value is -1.24. The highest BCUT2D eigenvalue weighted by molar-refractivity contribution is 6.29. The number of nitrogens with one attached hydrogen (secondary N) is 1. The van der Waals surface area contributed by atoms with Gasteiger partial charge in [0, 0.05) is 26.2 Å². The van der Waals surface area contributed by atoms with Crippen LogP contribution in [0.5, 0.6) is 0 Å². The fourth-order valence-corrected chi connectivity index (χ4v) is 1.65. The second-order valence-electron chi connectivity index (χ2n) is 3.96. The van der Waals surface area contributed by atoms with Crippen LogP contribution in [0.4, 0.5) is 0 Å². The predicted molar refractivity (Wildman–Crippen MR) is 63.6 cm³/mol. The molecule has 2 heterocycles. The molecule has 1 aliphatic heterocycles. The van der Waals surface area contributed by atoms with Crippen LogP contribution in [-0.2, 0) is 0 Å². The first-order valence-electron chi connectivity index (χ1n) is 5.37. The molecular weight excluding hydrogens is 242 g/mol. The molecular formula is C10H14ClN5O. The summed E-state index contributed by atoms with van der Waals surface area (Å²) >= 11 is 5.60. The number of amides is 1. The van der Waals surface area contributed by atoms with Crippen LogP contribution in [-0.4, -0.2) is 59.0 Å². The summed E-state index contributed by atoms with van der Waals surface area (Å²) in [6.45, 7) is 3.49. The van der Waals surface area contributed by atoms with Gasteiger partial charge >= 0.3 is 0 Å². The highest BCUT2D eigenvalue weighted by Gasteiger charge is 2.17. The van der Waals surface area contributed by atoms with Gasteiger partial charge in [-0.25, -0.2) is 15.0 Å². The third-order valence-corrected chi connectivity index (χ3v) is 2.81. The van der Waals surface area contributed by atoms with Crippen molar-refractivity contribution in [2.75, 3.05) is 33.2 Å². The van der Waals surface area contributed by atoms with Crippen LogP contribution in [0.2, 0.25) is 5.15 Å². The maximum Gasteiger partial charge on any atom is 0.285 e. The molecule has 0 bridgehead atoms. The molecule has 17 heavy (non-hydrogen) atoms. The predicted octanol–water partition coefficient (Wildman–Crippen LogP) is 0.0222. The largest absolute Gasteiger partial charge is 0.304 e. The number of carbonyl (C=O) groups excluding carboxylic acids is 1. The molecule has 1 aromatic rings. The lowest BCUT2D eigenvalue weighted by atomic mass is 10.4. The van der Waals surface area contributed by atoms with E-state index in [4.69, 9.17) is 11.6 Å². The summed E-state index contributed by atoms with van der Waals surface area (Å²) in [7, 11) is 2.06. The fraction of sp³-hybridized carbons (Fsp3) is 0.500. The van der Waals surface area contributed by atoms with Gasteiger partial charge in [-0.1, -0.05) is 11.6 Å². The zero-order valence-corrected chi connectivity index (χ0v) is 10.3. The summed E-state index contributed by atoms with van der Waals surface area (Å²) in [6, 6.07) is 0. The molecule has 1 aromatic heterocycles. The molecule has 1 saturated heterocycles. The lowest BCUT2D eigenvalue weighted by Crippen LogP contribution is -2.52. The Morgan fingerprint density at radius 2 is 2.00 bits per heavy atom. The van der Waals surface area contributed by atoms with Gasteiger partial charge in [0.2, 0.25) is 0 Å². The van der Waals surface area contributed by atoms with E-state index in [0.717, 1.165) is 26.2 Å². The zero-order chi connectivity index (χ0) is 12.3. The number of halogens is 1. The van der Waals surface area contributed by atoms with Gasteiger partial charge in [-0.05, 0) is 7.05 Å². The molecule has 1 fully saturated rings. The van der Waals surface area contributed by atoms with Gasteiger partial charge in [0.25, 0.3) is 5.91 Å². The molecule has 0 spiro atoms. The monoisotopic (exact) mass is 255 g/mol. The minimum atomic E-state index is -0.251. The van der Waals surface area contributed by atoms with Gasteiger partial charge in [0.15, 0.2) is 0 Å². The van der Waals surface area contributed by atoms with Crippen molar-refractivity contribution >= 4 is 17.5 Å². The van der Waals surface area contributed by atoms with Crippen LogP contribution in [0, 0.1) is 0 Å². The number of aromatic nitrogens is 2. The minimum Gasteiger partial charge on any atom is -0.304 e. The highest BCUT2D eigenvalue weighted by Crippen LogP contribution is 2.02. The van der Waals surface area contributed by atoms with Crippen molar-refractivity contribution in [2.24, 2.45) is 0 Å². The Labute approximate surface area is 105 Å². The molecule has 0 radical (unpaired) electrons. The first-order valence-corrected chi connectivity index (χ1v) is 5.75. The topological polar surface area (TPSA) is 61.4 Å². The zero-order valence-electron chi connectivity index (χ0n) is 9.56. The van der Waals surface area contributed by atoms with Crippen LogP contribution < -0.4 is 5.43 Å². The van der Waals surface area contributed by atoms with E-state index >= 15 is 0 Å². The number of likely N-dealkylation sites (N-methyl/N-ethyl adjacent to an activating group) is 1. The summed E-state index contributed by atoms with van der Waals surface area (Å²) in [4.78, 5) is 21.7. The first-order chi connectivity index (χ1) is 8.15. The molecule has 2 rings (SSSR count). The lowest BCUT2D eigenvalue weighted by molar-refractivity contribution is 0.0657. The van der Waals surface area contributed by atoms with Crippen molar-refractivity contribution in [3.63, 3.8) is 0 Å². The van der Waals surface area contributed by atoms with Crippen molar-refractivity contribution < 1.29 is 4.79 Å². The van der Waals surface area contributed by atoms with Gasteiger partial charge < -0.3 is 4.90 Å². The number of hydrazine groups is 1. The number of nitrogens with zero attached hydrogens (tertiary/aromatic N) is 4. The van der Waals surface area contributed by atoms with E-state index in [1.165, 1.54) is 12.4 Å². The standard InChI is InChI=1S/C10H14ClN5O/c1-15-2-4-16(5-3-15)14-10(17)8-6-13-9(11)7-12-8/h6-7H,2-5H2,1H3,(H,14,17). The average molecular weight is 256 g/mol. The van der Waals surface area contributed by atoms with Crippen molar-refractivity contribution in [2.45, 2.75) is 0 Å². The second kappa shape index (κ2) is 5.39. The summed E-state index contributed by atoms with van der Waals surface area (Å²) in [5.74, 6) is -0.251. The van der Waals surface area contributed by atoms with Crippen LogP contribution in [0.15, 0.2) is 12.4 Å². The second-order valence-corrected chi connectivity index (χ2v) is 4.34. The number of hydrogen-bond acceptors (Lipinski definition) is 5. The number of carbonyl (C=O) groups is 1. The molecule has 0 unspecified atom stereocenters. The van der Waals surface area contributed by atoms with Crippen molar-refractivity contribution in [3.05, 3.63) is 23.2 Å². The van der Waals surface area contributed by atoms with Gasteiger partial charge in [0.1, 0.15) is 10.8 Å². The van der Waals surface area contributed by atoms with Gasteiger partial charge in [-0.2, -0.15) is 0 Å². The highest BCUT2D eigenvalue weighted by atomic mass is 35.5. The Balaban J connectivity index is 1.91. The minimum absolute atomic E-state index is 0.251. The summed E-state index contributed by atoms with van der Waals surface area (Å²) in [6.07, 6.45) is 2.73. The molecule has 92 valence electrons. The average Bonchev–Trinajstić information content (AvgIpc) is 2.33. The normalized spacial score (nSPS) is 18.0. The van der Waals surface area contributed by atoms with Crippen LogP contribution in [0.3, 0.4) is 0 Å². The summed E-state index contributed by atoms with van der Waals surface area (Å²) < 4.78 is 0. The maximum atomic E-state index is 11.8. The molecule has 0 aromatic carbocycles. The molecule has 6 nitrogen and oxygen atoms in total. The Morgan fingerprint density at radius 3 is 2.59 bits per heavy atom. The number of rotatable bonds is 2. The Kier molecular flexibility index (Phi) is 3.88. The fourth-order valence-electron chi connectivity index (χ4n) is 1.55. The van der Waals surface area contributed by atoms with Gasteiger partial charge in [-0.3, -0.25) is 10.2 Å². The molecule has 1 N–H and O–H groups in total. The number of hydrogen-bond donors (Lipinski definition) is 1. The van der Waals surface area contributed by atoms with E-state index in [1.807, 2.05) is 5.01 Å². The van der Waals surface area contributed by atoms with Gasteiger partial charge in [-0.15, -0.1) is 0 Å². The van der Waals surface area contributed by atoms with E-state index in [0.29, 0.717) is 0 Å². The van der Waals surface area contributed by atoms with E-state index in [2.05, 4.69) is 27.3 Å². The first kappa shape index (κ1) is 12.2. The number of piperazine rings is 1. The molecule has 1 amide bonds. The molecule has 0 atom stereocenters. The Morgan fingerprint density at radius 1 is 1.29 bits per heavy atom. The summed E-state index contributed by atoms with van der Waals surface area (Å²) in [5, 5.41) is 2.17. The third-order valence-electron chi connectivity index (χ3n) is 2.62. The van der Waals surface area contributed by atoms with Crippen molar-refractivity contribution in [1.82, 2.24) is 25.3 Å². The van der Waals surface area contributed by atoms with E-state index in [9.17, 15) is 4.79 Å². The quantitative estimate of drug-likeness (QED) is 0.808. The maximum absolute atomic E-state index is 11.8. The summed E-state index contributed by atoms with van der Waals surface area (Å²) in [5.41, 5.74) is 3.07. The van der Waals surface area contributed by atoms with Crippen LogP contribution in [0.1, 0.15) is 10.5 Å². The lowest BCUT2D eigenvalue weighted by Gasteiger charge is -2.32. The van der Waals surface area contributed by atoms with E-state index < -0.39 is 0 Å². The Bertz CT molecular complexity index is 388. The van der Waals surface area contributed by atoms with Crippen LogP contribution in [0.25, 0.3) is 0 Å². The third kappa shape index (κ3) is 3.36. The van der Waals surface area contributed by atoms with Gasteiger partial charge in [0.05, 0.1) is 12.4 Å².